The fourth-order valence-electron chi connectivity index (χ4n) is 5.67. The quantitative estimate of drug-likeness (QED) is 0.207. The van der Waals surface area contributed by atoms with Crippen molar-refractivity contribution in [2.24, 2.45) is 0 Å². The van der Waals surface area contributed by atoms with E-state index in [1.807, 2.05) is 24.9 Å². The first-order valence-electron chi connectivity index (χ1n) is 13.5. The van der Waals surface area contributed by atoms with Crippen molar-refractivity contribution in [1.29, 1.82) is 0 Å². The van der Waals surface area contributed by atoms with Crippen LogP contribution in [-0.4, -0.2) is 43.3 Å². The predicted octanol–water partition coefficient (Wildman–Crippen LogP) is 8.57. The van der Waals surface area contributed by atoms with E-state index in [1.165, 1.54) is 11.0 Å². The van der Waals surface area contributed by atoms with Crippen LogP contribution in [0.5, 0.6) is 5.75 Å². The lowest BCUT2D eigenvalue weighted by molar-refractivity contribution is 0.0604. The minimum atomic E-state index is -0.352. The Kier molecular flexibility index (Phi) is 9.05. The van der Waals surface area contributed by atoms with Crippen LogP contribution >= 0.6 is 34.7 Å². The fourth-order valence-corrected chi connectivity index (χ4v) is 7.75. The van der Waals surface area contributed by atoms with Gasteiger partial charge in [-0.3, -0.25) is 4.79 Å². The van der Waals surface area contributed by atoms with Crippen molar-refractivity contribution < 1.29 is 13.9 Å². The first kappa shape index (κ1) is 28.9. The van der Waals surface area contributed by atoms with E-state index < -0.39 is 0 Å². The molecule has 5 rings (SSSR count). The Labute approximate surface area is 248 Å². The lowest BCUT2D eigenvalue weighted by atomic mass is 9.89. The van der Waals surface area contributed by atoms with Gasteiger partial charge in [-0.2, -0.15) is 0 Å². The summed E-state index contributed by atoms with van der Waals surface area (Å²) in [5.74, 6) is 0.222. The molecule has 1 N–H and O–H groups in total. The maximum absolute atomic E-state index is 14.8. The van der Waals surface area contributed by atoms with Crippen LogP contribution in [0, 0.1) is 12.7 Å². The number of nitrogens with zero attached hydrogens (tertiary/aromatic N) is 1. The molecule has 0 spiro atoms. The van der Waals surface area contributed by atoms with Gasteiger partial charge in [-0.05, 0) is 92.9 Å². The number of carbonyl (C=O) groups is 1. The highest BCUT2D eigenvalue weighted by Gasteiger charge is 2.32. The summed E-state index contributed by atoms with van der Waals surface area (Å²) in [6.45, 7) is 2.27. The molecule has 40 heavy (non-hydrogen) atoms. The standard InChI is InChI=1S/C32H34ClFN2O2S2/c1-19-8-14-26(34)30-28(19)29(33)31(40-30)32(37)36(24-12-10-23(35-2)11-13-24)18-22-16-21(9-15-27(22)38-3)20-6-5-7-25(17-20)39-4/h5-9,14-17,23-24,35H,10-13,18H2,1-4H3/t23-,24-. The van der Waals surface area contributed by atoms with Gasteiger partial charge >= 0.3 is 0 Å². The Bertz CT molecular complexity index is 1530. The molecule has 0 bridgehead atoms. The van der Waals surface area contributed by atoms with Gasteiger partial charge in [0.05, 0.1) is 16.8 Å². The molecule has 0 atom stereocenters. The van der Waals surface area contributed by atoms with E-state index in [2.05, 4.69) is 48.0 Å². The van der Waals surface area contributed by atoms with Crippen molar-refractivity contribution in [3.05, 3.63) is 81.4 Å². The monoisotopic (exact) mass is 596 g/mol. The van der Waals surface area contributed by atoms with E-state index in [0.29, 0.717) is 32.6 Å². The maximum atomic E-state index is 14.8. The number of nitrogens with one attached hydrogen (secondary N) is 1. The number of ether oxygens (including phenoxy) is 1. The second-order valence-electron chi connectivity index (χ2n) is 10.3. The molecule has 0 saturated heterocycles. The fraction of sp³-hybridized carbons (Fsp3) is 0.344. The Morgan fingerprint density at radius 2 is 1.88 bits per heavy atom. The zero-order valence-electron chi connectivity index (χ0n) is 23.2. The van der Waals surface area contributed by atoms with Gasteiger partial charge in [0, 0.05) is 34.5 Å². The number of rotatable bonds is 8. The molecule has 1 amide bonds. The van der Waals surface area contributed by atoms with Gasteiger partial charge in [-0.1, -0.05) is 35.9 Å². The van der Waals surface area contributed by atoms with Gasteiger partial charge in [-0.25, -0.2) is 4.39 Å². The Hall–Kier alpha value is -2.58. The molecular weight excluding hydrogens is 563 g/mol. The van der Waals surface area contributed by atoms with E-state index >= 15 is 0 Å². The van der Waals surface area contributed by atoms with Crippen molar-refractivity contribution >= 4 is 50.7 Å². The molecular formula is C32H34ClFN2O2S2. The van der Waals surface area contributed by atoms with Crippen molar-refractivity contribution in [3.8, 4) is 16.9 Å². The van der Waals surface area contributed by atoms with E-state index in [4.69, 9.17) is 16.3 Å². The molecule has 0 unspecified atom stereocenters. The van der Waals surface area contributed by atoms with Gasteiger partial charge in [0.1, 0.15) is 16.4 Å². The first-order chi connectivity index (χ1) is 19.3. The van der Waals surface area contributed by atoms with Gasteiger partial charge in [-0.15, -0.1) is 23.1 Å². The third kappa shape index (κ3) is 5.75. The molecule has 1 saturated carbocycles. The summed E-state index contributed by atoms with van der Waals surface area (Å²) in [6, 6.07) is 18.2. The van der Waals surface area contributed by atoms with E-state index in [9.17, 15) is 9.18 Å². The van der Waals surface area contributed by atoms with E-state index in [0.717, 1.165) is 65.0 Å². The van der Waals surface area contributed by atoms with Crippen LogP contribution in [0.3, 0.4) is 0 Å². The molecule has 210 valence electrons. The van der Waals surface area contributed by atoms with Crippen LogP contribution in [0.25, 0.3) is 21.2 Å². The van der Waals surface area contributed by atoms with Crippen LogP contribution in [0.2, 0.25) is 5.02 Å². The number of carbonyl (C=O) groups excluding carboxylic acids is 1. The number of methoxy groups -OCH3 is 1. The number of benzene rings is 3. The number of amides is 1. The molecule has 0 radical (unpaired) electrons. The zero-order chi connectivity index (χ0) is 28.4. The largest absolute Gasteiger partial charge is 0.496 e. The molecule has 1 heterocycles. The van der Waals surface area contributed by atoms with Crippen molar-refractivity contribution in [2.75, 3.05) is 20.4 Å². The second-order valence-corrected chi connectivity index (χ2v) is 12.6. The van der Waals surface area contributed by atoms with Crippen LogP contribution in [0.4, 0.5) is 4.39 Å². The summed E-state index contributed by atoms with van der Waals surface area (Å²) in [5.41, 5.74) is 3.97. The first-order valence-corrected chi connectivity index (χ1v) is 15.9. The second kappa shape index (κ2) is 12.5. The Balaban J connectivity index is 1.56. The number of thioether (sulfide) groups is 1. The maximum Gasteiger partial charge on any atom is 0.266 e. The Morgan fingerprint density at radius 1 is 1.12 bits per heavy atom. The van der Waals surface area contributed by atoms with E-state index in [-0.39, 0.29) is 17.8 Å². The van der Waals surface area contributed by atoms with Crippen LogP contribution in [0.15, 0.2) is 59.5 Å². The van der Waals surface area contributed by atoms with Crippen molar-refractivity contribution in [2.45, 2.75) is 56.1 Å². The number of fused-ring (bicyclic) bond motifs is 1. The third-order valence-electron chi connectivity index (χ3n) is 7.97. The summed E-state index contributed by atoms with van der Waals surface area (Å²) < 4.78 is 21.0. The molecule has 1 fully saturated rings. The Morgan fingerprint density at radius 3 is 2.55 bits per heavy atom. The molecule has 1 aliphatic rings. The highest BCUT2D eigenvalue weighted by molar-refractivity contribution is 7.98. The minimum Gasteiger partial charge on any atom is -0.496 e. The molecule has 4 nitrogen and oxygen atoms in total. The van der Waals surface area contributed by atoms with Crippen molar-refractivity contribution in [1.82, 2.24) is 10.2 Å². The molecule has 0 aliphatic heterocycles. The summed E-state index contributed by atoms with van der Waals surface area (Å²) in [4.78, 5) is 17.8. The number of hydrogen-bond acceptors (Lipinski definition) is 5. The topological polar surface area (TPSA) is 41.6 Å². The van der Waals surface area contributed by atoms with Gasteiger partial charge < -0.3 is 15.0 Å². The average Bonchev–Trinajstić information content (AvgIpc) is 3.35. The van der Waals surface area contributed by atoms with Gasteiger partial charge in [0.25, 0.3) is 5.91 Å². The normalized spacial score (nSPS) is 17.2. The molecule has 4 aromatic rings. The van der Waals surface area contributed by atoms with Crippen LogP contribution in [-0.2, 0) is 6.54 Å². The summed E-state index contributed by atoms with van der Waals surface area (Å²) in [7, 11) is 3.65. The smallest absolute Gasteiger partial charge is 0.266 e. The lowest BCUT2D eigenvalue weighted by Crippen LogP contribution is -2.44. The SMILES string of the molecule is CN[C@H]1CC[C@H](N(Cc2cc(-c3cccc(SC)c3)ccc2OC)C(=O)c2sc3c(F)ccc(C)c3c2Cl)CC1. The number of thiophene rings is 1. The molecule has 1 aliphatic carbocycles. The average molecular weight is 597 g/mol. The van der Waals surface area contributed by atoms with E-state index in [1.54, 1.807) is 24.9 Å². The highest BCUT2D eigenvalue weighted by Crippen LogP contribution is 2.41. The number of aryl methyl sites for hydroxylation is 1. The summed E-state index contributed by atoms with van der Waals surface area (Å²) >= 11 is 9.67. The third-order valence-corrected chi connectivity index (χ3v) is 10.4. The minimum absolute atomic E-state index is 0.0394. The highest BCUT2D eigenvalue weighted by atomic mass is 35.5. The van der Waals surface area contributed by atoms with Crippen LogP contribution in [0.1, 0.15) is 46.5 Å². The van der Waals surface area contributed by atoms with Crippen molar-refractivity contribution in [3.63, 3.8) is 0 Å². The predicted molar refractivity (Wildman–Crippen MR) is 167 cm³/mol. The lowest BCUT2D eigenvalue weighted by Gasteiger charge is -2.37. The van der Waals surface area contributed by atoms with Gasteiger partial charge in [0.2, 0.25) is 0 Å². The molecule has 3 aromatic carbocycles. The zero-order valence-corrected chi connectivity index (χ0v) is 25.6. The van der Waals surface area contributed by atoms with Crippen LogP contribution < -0.4 is 10.1 Å². The summed E-state index contributed by atoms with van der Waals surface area (Å²) in [6.07, 6.45) is 5.79. The number of hydrogen-bond donors (Lipinski definition) is 1. The summed E-state index contributed by atoms with van der Waals surface area (Å²) in [5, 5.41) is 4.35. The number of halogens is 2. The van der Waals surface area contributed by atoms with Gasteiger partial charge in [0.15, 0.2) is 0 Å². The molecule has 8 heteroatoms. The molecule has 1 aromatic heterocycles.